The Balaban J connectivity index is 1.47. The average Bonchev–Trinajstić information content (AvgIpc) is 2.99. The molecule has 0 bridgehead atoms. The van der Waals surface area contributed by atoms with Crippen molar-refractivity contribution in [2.24, 2.45) is 12.5 Å². The van der Waals surface area contributed by atoms with Crippen LogP contribution in [0.15, 0.2) is 30.3 Å². The molecule has 5 heteroatoms. The molecule has 0 radical (unpaired) electrons. The molecule has 1 amide bonds. The molecule has 1 atom stereocenters. The van der Waals surface area contributed by atoms with E-state index in [9.17, 15) is 4.79 Å². The van der Waals surface area contributed by atoms with E-state index in [0.717, 1.165) is 39.1 Å². The van der Waals surface area contributed by atoms with Crippen LogP contribution in [0, 0.1) is 5.41 Å². The van der Waals surface area contributed by atoms with Gasteiger partial charge in [-0.2, -0.15) is 0 Å². The second kappa shape index (κ2) is 7.64. The van der Waals surface area contributed by atoms with Gasteiger partial charge >= 0.3 is 0 Å². The first-order valence-corrected chi connectivity index (χ1v) is 10.1. The lowest BCUT2D eigenvalue weighted by atomic mass is 9.73. The van der Waals surface area contributed by atoms with Gasteiger partial charge in [0.25, 0.3) is 0 Å². The molecule has 0 saturated carbocycles. The van der Waals surface area contributed by atoms with E-state index in [2.05, 4.69) is 46.8 Å². The number of piperidine rings is 2. The van der Waals surface area contributed by atoms with Gasteiger partial charge in [0, 0.05) is 63.4 Å². The van der Waals surface area contributed by atoms with Crippen molar-refractivity contribution in [1.82, 2.24) is 14.4 Å². The Hall–Kier alpha value is -1.85. The van der Waals surface area contributed by atoms with E-state index in [-0.39, 0.29) is 5.41 Å². The molecule has 1 aromatic carbocycles. The van der Waals surface area contributed by atoms with E-state index in [0.29, 0.717) is 18.9 Å². The smallest absolute Gasteiger partial charge is 0.222 e. The molecule has 0 N–H and O–H groups in total. The number of amides is 1. The Morgan fingerprint density at radius 2 is 2.04 bits per heavy atom. The molecule has 2 saturated heterocycles. The van der Waals surface area contributed by atoms with Crippen molar-refractivity contribution >= 4 is 16.8 Å². The van der Waals surface area contributed by atoms with Crippen LogP contribution in [0.5, 0.6) is 0 Å². The van der Waals surface area contributed by atoms with Crippen LogP contribution >= 0.6 is 0 Å². The maximum atomic E-state index is 12.3. The van der Waals surface area contributed by atoms with Crippen LogP contribution in [0.1, 0.15) is 31.4 Å². The molecule has 1 aromatic heterocycles. The minimum atomic E-state index is 0.254. The fourth-order valence-electron chi connectivity index (χ4n) is 5.01. The number of rotatable bonds is 5. The summed E-state index contributed by atoms with van der Waals surface area (Å²) in [5.41, 5.74) is 2.93. The lowest BCUT2D eigenvalue weighted by Gasteiger charge is -2.48. The summed E-state index contributed by atoms with van der Waals surface area (Å²) in [5, 5.41) is 1.32. The van der Waals surface area contributed by atoms with Gasteiger partial charge in [-0.1, -0.05) is 18.2 Å². The predicted molar refractivity (Wildman–Crippen MR) is 108 cm³/mol. The normalized spacial score (nSPS) is 24.2. The van der Waals surface area contributed by atoms with Crippen molar-refractivity contribution in [2.75, 3.05) is 39.9 Å². The van der Waals surface area contributed by atoms with E-state index in [1.54, 1.807) is 7.11 Å². The summed E-state index contributed by atoms with van der Waals surface area (Å²) in [4.78, 5) is 16.9. The van der Waals surface area contributed by atoms with Crippen molar-refractivity contribution in [1.29, 1.82) is 0 Å². The minimum absolute atomic E-state index is 0.254. The second-order valence-electron chi connectivity index (χ2n) is 8.38. The van der Waals surface area contributed by atoms with Crippen LogP contribution in [-0.2, 0) is 23.1 Å². The van der Waals surface area contributed by atoms with Crippen LogP contribution < -0.4 is 0 Å². The lowest BCUT2D eigenvalue weighted by molar-refractivity contribution is -0.140. The van der Waals surface area contributed by atoms with Crippen molar-refractivity contribution in [3.8, 4) is 0 Å². The van der Waals surface area contributed by atoms with Gasteiger partial charge in [-0.15, -0.1) is 0 Å². The number of nitrogens with zero attached hydrogens (tertiary/aromatic N) is 3. The summed E-state index contributed by atoms with van der Waals surface area (Å²) in [6.07, 6.45) is 4.16. The third-order valence-corrected chi connectivity index (χ3v) is 6.49. The third-order valence-electron chi connectivity index (χ3n) is 6.49. The fraction of sp³-hybridized carbons (Fsp3) is 0.591. The first-order chi connectivity index (χ1) is 13.1. The molecule has 4 rings (SSSR count). The van der Waals surface area contributed by atoms with Gasteiger partial charge in [-0.25, -0.2) is 0 Å². The fourth-order valence-corrected chi connectivity index (χ4v) is 5.01. The maximum Gasteiger partial charge on any atom is 0.222 e. The van der Waals surface area contributed by atoms with E-state index < -0.39 is 0 Å². The highest BCUT2D eigenvalue weighted by molar-refractivity contribution is 5.81. The van der Waals surface area contributed by atoms with Gasteiger partial charge in [-0.05, 0) is 43.3 Å². The third kappa shape index (κ3) is 3.76. The molecule has 2 aliphatic heterocycles. The number of hydrogen-bond acceptors (Lipinski definition) is 3. The number of para-hydroxylation sites is 1. The molecule has 2 fully saturated rings. The monoisotopic (exact) mass is 369 g/mol. The van der Waals surface area contributed by atoms with E-state index in [1.807, 2.05) is 4.90 Å². The SMILES string of the molecule is COCCN1C[C@@]2(CCCN(Cc3cc4ccccc4n3C)C2)CCC1=O. The zero-order chi connectivity index (χ0) is 18.9. The van der Waals surface area contributed by atoms with Crippen molar-refractivity contribution < 1.29 is 9.53 Å². The number of aryl methyl sites for hydroxylation is 1. The Kier molecular flexibility index (Phi) is 5.24. The van der Waals surface area contributed by atoms with Gasteiger partial charge in [0.2, 0.25) is 5.91 Å². The molecule has 2 aliphatic rings. The van der Waals surface area contributed by atoms with Crippen LogP contribution in [0.4, 0.5) is 0 Å². The Bertz CT molecular complexity index is 815. The summed E-state index contributed by atoms with van der Waals surface area (Å²) in [6.45, 7) is 5.46. The number of aromatic nitrogens is 1. The van der Waals surface area contributed by atoms with Gasteiger partial charge in [0.1, 0.15) is 0 Å². The van der Waals surface area contributed by atoms with E-state index in [1.165, 1.54) is 29.4 Å². The molecular weight excluding hydrogens is 338 g/mol. The first-order valence-electron chi connectivity index (χ1n) is 10.1. The molecule has 0 aliphatic carbocycles. The number of ether oxygens (including phenoxy) is 1. The zero-order valence-electron chi connectivity index (χ0n) is 16.6. The Labute approximate surface area is 161 Å². The van der Waals surface area contributed by atoms with Crippen LogP contribution in [0.2, 0.25) is 0 Å². The van der Waals surface area contributed by atoms with E-state index >= 15 is 0 Å². The molecule has 2 aromatic rings. The summed E-state index contributed by atoms with van der Waals surface area (Å²) >= 11 is 0. The molecule has 5 nitrogen and oxygen atoms in total. The second-order valence-corrected chi connectivity index (χ2v) is 8.38. The highest BCUT2D eigenvalue weighted by Crippen LogP contribution is 2.39. The topological polar surface area (TPSA) is 37.7 Å². The zero-order valence-corrected chi connectivity index (χ0v) is 16.6. The number of methoxy groups -OCH3 is 1. The van der Waals surface area contributed by atoms with Crippen molar-refractivity contribution in [3.05, 3.63) is 36.0 Å². The van der Waals surface area contributed by atoms with Gasteiger partial charge < -0.3 is 14.2 Å². The standard InChI is InChI=1S/C22H31N3O2/c1-23-19(14-18-6-3-4-7-20(18)23)15-24-11-5-9-22(16-24)10-8-21(26)25(17-22)12-13-27-2/h3-4,6-7,14H,5,8-13,15-17H2,1-2H3/t22-/m0/s1. The molecule has 27 heavy (non-hydrogen) atoms. The predicted octanol–water partition coefficient (Wildman–Crippen LogP) is 3.03. The van der Waals surface area contributed by atoms with Crippen molar-refractivity contribution in [3.63, 3.8) is 0 Å². The number of hydrogen-bond donors (Lipinski definition) is 0. The van der Waals surface area contributed by atoms with Crippen LogP contribution in [0.25, 0.3) is 10.9 Å². The Morgan fingerprint density at radius 3 is 2.85 bits per heavy atom. The van der Waals surface area contributed by atoms with Gasteiger partial charge in [-0.3, -0.25) is 9.69 Å². The highest BCUT2D eigenvalue weighted by Gasteiger charge is 2.41. The summed E-state index contributed by atoms with van der Waals surface area (Å²) in [6, 6.07) is 10.9. The Morgan fingerprint density at radius 1 is 1.19 bits per heavy atom. The molecular formula is C22H31N3O2. The molecule has 0 unspecified atom stereocenters. The van der Waals surface area contributed by atoms with E-state index in [4.69, 9.17) is 4.74 Å². The van der Waals surface area contributed by atoms with Gasteiger partial charge in [0.15, 0.2) is 0 Å². The van der Waals surface area contributed by atoms with Crippen LogP contribution in [0.3, 0.4) is 0 Å². The molecule has 1 spiro atoms. The lowest BCUT2D eigenvalue weighted by Crippen LogP contribution is -2.54. The highest BCUT2D eigenvalue weighted by atomic mass is 16.5. The first kappa shape index (κ1) is 18.5. The number of likely N-dealkylation sites (tertiary alicyclic amines) is 2. The van der Waals surface area contributed by atoms with Gasteiger partial charge in [0.05, 0.1) is 6.61 Å². The number of carbonyl (C=O) groups is 1. The summed E-state index contributed by atoms with van der Waals surface area (Å²) < 4.78 is 7.53. The number of benzene rings is 1. The summed E-state index contributed by atoms with van der Waals surface area (Å²) in [7, 11) is 3.87. The number of carbonyl (C=O) groups excluding carboxylic acids is 1. The van der Waals surface area contributed by atoms with Crippen LogP contribution in [-0.4, -0.2) is 60.2 Å². The average molecular weight is 370 g/mol. The maximum absolute atomic E-state index is 12.3. The largest absolute Gasteiger partial charge is 0.383 e. The molecule has 3 heterocycles. The summed E-state index contributed by atoms with van der Waals surface area (Å²) in [5.74, 6) is 0.295. The molecule has 146 valence electrons. The number of fused-ring (bicyclic) bond motifs is 1. The van der Waals surface area contributed by atoms with Crippen molar-refractivity contribution in [2.45, 2.75) is 32.2 Å². The minimum Gasteiger partial charge on any atom is -0.383 e. The quantitative estimate of drug-likeness (QED) is 0.813.